The summed E-state index contributed by atoms with van der Waals surface area (Å²) in [5, 5.41) is 3.37. The maximum Gasteiger partial charge on any atom is 0.282 e. The summed E-state index contributed by atoms with van der Waals surface area (Å²) in [5.41, 5.74) is 0.681. The molecule has 0 radical (unpaired) electrons. The number of carbonyl (C=O) groups excluding carboxylic acids is 1. The van der Waals surface area contributed by atoms with Crippen LogP contribution in [-0.4, -0.2) is 45.4 Å². The van der Waals surface area contributed by atoms with E-state index in [1.54, 1.807) is 25.3 Å². The molecule has 1 aliphatic rings. The van der Waals surface area contributed by atoms with E-state index in [0.717, 1.165) is 13.1 Å². The van der Waals surface area contributed by atoms with Gasteiger partial charge in [-0.1, -0.05) is 11.6 Å². The SMILES string of the molecule is COc1ccc(NC(=O)[C@@H](C)[NH+]2CCOCC2)cc1Cl. The molecule has 6 heteroatoms. The molecule has 0 aromatic heterocycles. The van der Waals surface area contributed by atoms with Gasteiger partial charge in [0, 0.05) is 5.69 Å². The number of amides is 1. The smallest absolute Gasteiger partial charge is 0.282 e. The second-order valence-electron chi connectivity index (χ2n) is 4.83. The van der Waals surface area contributed by atoms with E-state index >= 15 is 0 Å². The van der Waals surface area contributed by atoms with Gasteiger partial charge < -0.3 is 19.7 Å². The van der Waals surface area contributed by atoms with Crippen LogP contribution in [0.4, 0.5) is 5.69 Å². The Morgan fingerprint density at radius 2 is 2.15 bits per heavy atom. The molecule has 5 nitrogen and oxygen atoms in total. The van der Waals surface area contributed by atoms with Crippen molar-refractivity contribution in [2.45, 2.75) is 13.0 Å². The molecule has 1 fully saturated rings. The lowest BCUT2D eigenvalue weighted by atomic mass is 10.2. The third-order valence-electron chi connectivity index (χ3n) is 3.56. The van der Waals surface area contributed by atoms with E-state index in [9.17, 15) is 4.79 Å². The molecule has 110 valence electrons. The zero-order chi connectivity index (χ0) is 14.5. The van der Waals surface area contributed by atoms with Crippen LogP contribution in [-0.2, 0) is 9.53 Å². The van der Waals surface area contributed by atoms with E-state index in [4.69, 9.17) is 21.1 Å². The first kappa shape index (κ1) is 15.1. The highest BCUT2D eigenvalue weighted by Crippen LogP contribution is 2.27. The largest absolute Gasteiger partial charge is 0.495 e. The van der Waals surface area contributed by atoms with Crippen LogP contribution in [0.1, 0.15) is 6.92 Å². The highest BCUT2D eigenvalue weighted by atomic mass is 35.5. The lowest BCUT2D eigenvalue weighted by Crippen LogP contribution is -3.18. The van der Waals surface area contributed by atoms with Crippen molar-refractivity contribution in [2.24, 2.45) is 0 Å². The summed E-state index contributed by atoms with van der Waals surface area (Å²) in [6.07, 6.45) is 0. The molecular formula is C14H20ClN2O3+. The number of hydrogen-bond acceptors (Lipinski definition) is 3. The number of benzene rings is 1. The average molecular weight is 300 g/mol. The standard InChI is InChI=1S/C14H19ClN2O3/c1-10(17-5-7-20-8-6-17)14(18)16-11-3-4-13(19-2)12(15)9-11/h3-4,9-10H,5-8H2,1-2H3,(H,16,18)/p+1/t10-/m1/s1. The number of quaternary nitrogens is 1. The highest BCUT2D eigenvalue weighted by molar-refractivity contribution is 6.32. The molecule has 1 saturated heterocycles. The first-order chi connectivity index (χ1) is 9.61. The van der Waals surface area contributed by atoms with Gasteiger partial charge in [-0.2, -0.15) is 0 Å². The average Bonchev–Trinajstić information content (AvgIpc) is 2.47. The second kappa shape index (κ2) is 6.92. The molecule has 0 unspecified atom stereocenters. The molecule has 20 heavy (non-hydrogen) atoms. The van der Waals surface area contributed by atoms with Crippen LogP contribution >= 0.6 is 11.6 Å². The summed E-state index contributed by atoms with van der Waals surface area (Å²) >= 11 is 6.04. The Hall–Kier alpha value is -1.30. The number of carbonyl (C=O) groups is 1. The van der Waals surface area contributed by atoms with Gasteiger partial charge in [-0.3, -0.25) is 4.79 Å². The molecule has 1 atom stereocenters. The molecule has 2 rings (SSSR count). The van der Waals surface area contributed by atoms with E-state index in [1.165, 1.54) is 4.90 Å². The minimum absolute atomic E-state index is 0.0110. The van der Waals surface area contributed by atoms with Gasteiger partial charge in [0.15, 0.2) is 6.04 Å². The molecule has 1 aliphatic heterocycles. The number of anilines is 1. The number of nitrogens with one attached hydrogen (secondary N) is 2. The first-order valence-electron chi connectivity index (χ1n) is 6.68. The Kier molecular flexibility index (Phi) is 5.23. The summed E-state index contributed by atoms with van der Waals surface area (Å²) in [5.74, 6) is 0.583. The van der Waals surface area contributed by atoms with Gasteiger partial charge in [-0.05, 0) is 25.1 Å². The van der Waals surface area contributed by atoms with Crippen molar-refractivity contribution in [3.63, 3.8) is 0 Å². The Balaban J connectivity index is 1.98. The zero-order valence-electron chi connectivity index (χ0n) is 11.7. The van der Waals surface area contributed by atoms with E-state index < -0.39 is 0 Å². The van der Waals surface area contributed by atoms with Crippen LogP contribution in [0, 0.1) is 0 Å². The molecule has 0 bridgehead atoms. The van der Waals surface area contributed by atoms with Crippen molar-refractivity contribution < 1.29 is 19.2 Å². The van der Waals surface area contributed by atoms with Gasteiger partial charge in [0.2, 0.25) is 0 Å². The minimum Gasteiger partial charge on any atom is -0.495 e. The third kappa shape index (κ3) is 3.62. The van der Waals surface area contributed by atoms with Crippen LogP contribution in [0.2, 0.25) is 5.02 Å². The minimum atomic E-state index is -0.111. The van der Waals surface area contributed by atoms with Crippen LogP contribution in [0.15, 0.2) is 18.2 Å². The maximum atomic E-state index is 12.2. The lowest BCUT2D eigenvalue weighted by Gasteiger charge is -2.28. The monoisotopic (exact) mass is 299 g/mol. The molecule has 0 aliphatic carbocycles. The molecule has 2 N–H and O–H groups in total. The van der Waals surface area contributed by atoms with Crippen LogP contribution in [0.3, 0.4) is 0 Å². The topological polar surface area (TPSA) is 52.0 Å². The Bertz CT molecular complexity index is 475. The molecule has 0 spiro atoms. The van der Waals surface area contributed by atoms with Crippen molar-refractivity contribution in [1.29, 1.82) is 0 Å². The van der Waals surface area contributed by atoms with Crippen molar-refractivity contribution in [3.8, 4) is 5.75 Å². The Morgan fingerprint density at radius 1 is 1.45 bits per heavy atom. The third-order valence-corrected chi connectivity index (χ3v) is 3.86. The van der Waals surface area contributed by atoms with Gasteiger partial charge in [-0.15, -0.1) is 0 Å². The van der Waals surface area contributed by atoms with E-state index in [1.807, 2.05) is 6.92 Å². The molecule has 1 aromatic carbocycles. The van der Waals surface area contributed by atoms with E-state index in [-0.39, 0.29) is 11.9 Å². The normalized spacial score (nSPS) is 17.6. The maximum absolute atomic E-state index is 12.2. The van der Waals surface area contributed by atoms with Crippen LogP contribution < -0.4 is 15.0 Å². The second-order valence-corrected chi connectivity index (χ2v) is 5.24. The fraction of sp³-hybridized carbons (Fsp3) is 0.500. The Labute approximate surface area is 123 Å². The molecule has 0 saturated carbocycles. The van der Waals surface area contributed by atoms with E-state index in [2.05, 4.69) is 5.32 Å². The van der Waals surface area contributed by atoms with Crippen LogP contribution in [0.25, 0.3) is 0 Å². The van der Waals surface area contributed by atoms with Crippen LogP contribution in [0.5, 0.6) is 5.75 Å². The number of ether oxygens (including phenoxy) is 2. The number of hydrogen-bond donors (Lipinski definition) is 2. The Morgan fingerprint density at radius 3 is 2.75 bits per heavy atom. The molecule has 1 aromatic rings. The number of methoxy groups -OCH3 is 1. The predicted molar refractivity (Wildman–Crippen MR) is 77.6 cm³/mol. The van der Waals surface area contributed by atoms with Gasteiger partial charge in [0.1, 0.15) is 18.8 Å². The summed E-state index contributed by atoms with van der Waals surface area (Å²) < 4.78 is 10.4. The lowest BCUT2D eigenvalue weighted by molar-refractivity contribution is -0.921. The van der Waals surface area contributed by atoms with Gasteiger partial charge in [0.05, 0.1) is 25.3 Å². The summed E-state index contributed by atoms with van der Waals surface area (Å²) in [4.78, 5) is 13.5. The molecular weight excluding hydrogens is 280 g/mol. The fourth-order valence-corrected chi connectivity index (χ4v) is 2.50. The highest BCUT2D eigenvalue weighted by Gasteiger charge is 2.26. The summed E-state index contributed by atoms with van der Waals surface area (Å²) in [7, 11) is 1.56. The molecule has 1 amide bonds. The van der Waals surface area contributed by atoms with Crippen molar-refractivity contribution in [1.82, 2.24) is 0 Å². The van der Waals surface area contributed by atoms with Crippen molar-refractivity contribution in [3.05, 3.63) is 23.2 Å². The summed E-state index contributed by atoms with van der Waals surface area (Å²) in [6, 6.07) is 5.10. The first-order valence-corrected chi connectivity index (χ1v) is 7.06. The quantitative estimate of drug-likeness (QED) is 0.856. The molecule has 1 heterocycles. The van der Waals surface area contributed by atoms with E-state index in [0.29, 0.717) is 29.7 Å². The van der Waals surface area contributed by atoms with Gasteiger partial charge >= 0.3 is 0 Å². The van der Waals surface area contributed by atoms with Gasteiger partial charge in [0.25, 0.3) is 5.91 Å². The predicted octanol–water partition coefficient (Wildman–Crippen LogP) is 0.591. The van der Waals surface area contributed by atoms with Crippen molar-refractivity contribution >= 4 is 23.2 Å². The fourth-order valence-electron chi connectivity index (χ4n) is 2.25. The zero-order valence-corrected chi connectivity index (χ0v) is 12.5. The summed E-state index contributed by atoms with van der Waals surface area (Å²) in [6.45, 7) is 5.07. The van der Waals surface area contributed by atoms with Crippen molar-refractivity contribution in [2.75, 3.05) is 38.7 Å². The number of morpholine rings is 1. The number of rotatable bonds is 4. The number of halogens is 1. The van der Waals surface area contributed by atoms with Gasteiger partial charge in [-0.25, -0.2) is 0 Å².